The van der Waals surface area contributed by atoms with Gasteiger partial charge in [0.05, 0.1) is 29.9 Å². The molecule has 0 atom stereocenters. The van der Waals surface area contributed by atoms with Gasteiger partial charge in [0.2, 0.25) is 0 Å². The van der Waals surface area contributed by atoms with Gasteiger partial charge in [-0.15, -0.1) is 11.3 Å². The summed E-state index contributed by atoms with van der Waals surface area (Å²) in [7, 11) is 1.58. The first-order valence-electron chi connectivity index (χ1n) is 9.29. The Kier molecular flexibility index (Phi) is 4.74. The molecule has 4 rings (SSSR count). The average Bonchev–Trinajstić information content (AvgIpc) is 2.97. The van der Waals surface area contributed by atoms with Gasteiger partial charge < -0.3 is 19.7 Å². The molecule has 3 heterocycles. The molecule has 1 aromatic carbocycles. The van der Waals surface area contributed by atoms with E-state index in [1.165, 1.54) is 11.3 Å². The largest absolute Gasteiger partial charge is 0.497 e. The number of carbonyl (C=O) groups excluding carboxylic acids is 2. The van der Waals surface area contributed by atoms with E-state index in [-0.39, 0.29) is 11.8 Å². The fourth-order valence-electron chi connectivity index (χ4n) is 3.78. The molecule has 2 aliphatic rings. The van der Waals surface area contributed by atoms with Crippen molar-refractivity contribution in [3.05, 3.63) is 39.3 Å². The Morgan fingerprint density at radius 2 is 2.07 bits per heavy atom. The first-order valence-corrected chi connectivity index (χ1v) is 10.1. The van der Waals surface area contributed by atoms with Gasteiger partial charge in [-0.05, 0) is 26.0 Å². The van der Waals surface area contributed by atoms with E-state index in [0.717, 1.165) is 10.7 Å². The fraction of sp³-hybridized carbons (Fsp3) is 0.450. The van der Waals surface area contributed by atoms with Crippen LogP contribution in [0, 0.1) is 13.8 Å². The Bertz CT molecular complexity index is 932. The van der Waals surface area contributed by atoms with Crippen LogP contribution in [-0.4, -0.2) is 54.0 Å². The van der Waals surface area contributed by atoms with Gasteiger partial charge in [0.25, 0.3) is 11.8 Å². The number of hydrogen-bond acceptors (Lipinski definition) is 6. The van der Waals surface area contributed by atoms with Crippen molar-refractivity contribution < 1.29 is 19.1 Å². The predicted octanol–water partition coefficient (Wildman–Crippen LogP) is 2.57. The number of aryl methyl sites for hydroxylation is 2. The number of likely N-dealkylation sites (tertiary alicyclic amines) is 1. The van der Waals surface area contributed by atoms with E-state index in [0.29, 0.717) is 54.4 Å². The summed E-state index contributed by atoms with van der Waals surface area (Å²) < 4.78 is 11.6. The van der Waals surface area contributed by atoms with Gasteiger partial charge >= 0.3 is 0 Å². The topological polar surface area (TPSA) is 80.8 Å². The minimum Gasteiger partial charge on any atom is -0.497 e. The molecule has 1 aromatic heterocycles. The standard InChI is InChI=1S/C20H23N3O4S/c1-12-17(28-13(2)22-12)19(25)23-8-6-20(7-9-23)11-21-18(24)15-5-4-14(26-3)10-16(15)27-20/h4-5,10H,6-9,11H2,1-3H3,(H,21,24). The van der Waals surface area contributed by atoms with Crippen molar-refractivity contribution in [3.8, 4) is 11.5 Å². The van der Waals surface area contributed by atoms with Crippen LogP contribution in [0.4, 0.5) is 0 Å². The van der Waals surface area contributed by atoms with Crippen LogP contribution < -0.4 is 14.8 Å². The minimum atomic E-state index is -0.525. The lowest BCUT2D eigenvalue weighted by Gasteiger charge is -2.41. The maximum Gasteiger partial charge on any atom is 0.265 e. The molecular weight excluding hydrogens is 378 g/mol. The van der Waals surface area contributed by atoms with Gasteiger partial charge in [-0.25, -0.2) is 4.98 Å². The molecule has 28 heavy (non-hydrogen) atoms. The van der Waals surface area contributed by atoms with Crippen molar-refractivity contribution >= 4 is 23.2 Å². The maximum atomic E-state index is 12.9. The lowest BCUT2D eigenvalue weighted by Crippen LogP contribution is -2.54. The van der Waals surface area contributed by atoms with Crippen molar-refractivity contribution in [2.24, 2.45) is 0 Å². The van der Waals surface area contributed by atoms with Gasteiger partial charge in [0.15, 0.2) is 0 Å². The summed E-state index contributed by atoms with van der Waals surface area (Å²) in [5.41, 5.74) is 0.765. The van der Waals surface area contributed by atoms with Crippen LogP contribution in [0.3, 0.4) is 0 Å². The molecule has 2 aromatic rings. The zero-order valence-corrected chi connectivity index (χ0v) is 17.0. The first-order chi connectivity index (χ1) is 13.4. The first kappa shape index (κ1) is 18.7. The highest BCUT2D eigenvalue weighted by Crippen LogP contribution is 2.35. The molecule has 0 bridgehead atoms. The maximum absolute atomic E-state index is 12.9. The molecule has 7 nitrogen and oxygen atoms in total. The minimum absolute atomic E-state index is 0.0256. The van der Waals surface area contributed by atoms with Crippen LogP contribution in [0.1, 0.15) is 43.6 Å². The lowest BCUT2D eigenvalue weighted by molar-refractivity contribution is 0.00776. The summed E-state index contributed by atoms with van der Waals surface area (Å²) in [5, 5.41) is 3.87. The third-order valence-corrected chi connectivity index (χ3v) is 6.45. The SMILES string of the molecule is COc1ccc2c(c1)OC1(CCN(C(=O)c3sc(C)nc3C)CC1)CNC2=O. The van der Waals surface area contributed by atoms with Crippen molar-refractivity contribution in [2.45, 2.75) is 32.3 Å². The van der Waals surface area contributed by atoms with E-state index < -0.39 is 5.60 Å². The molecule has 148 valence electrons. The van der Waals surface area contributed by atoms with Crippen LogP contribution >= 0.6 is 11.3 Å². The highest BCUT2D eigenvalue weighted by Gasteiger charge is 2.41. The Balaban J connectivity index is 1.52. The third kappa shape index (κ3) is 3.32. The Morgan fingerprint density at radius 3 is 2.71 bits per heavy atom. The summed E-state index contributed by atoms with van der Waals surface area (Å²) in [6.07, 6.45) is 1.29. The number of rotatable bonds is 2. The van der Waals surface area contributed by atoms with Gasteiger partial charge in [-0.2, -0.15) is 0 Å². The van der Waals surface area contributed by atoms with E-state index in [9.17, 15) is 9.59 Å². The number of nitrogens with one attached hydrogen (secondary N) is 1. The molecule has 0 radical (unpaired) electrons. The molecular formula is C20H23N3O4S. The summed E-state index contributed by atoms with van der Waals surface area (Å²) in [5.74, 6) is 1.05. The second kappa shape index (κ2) is 7.09. The number of amides is 2. The number of carbonyl (C=O) groups is 2. The summed E-state index contributed by atoms with van der Waals surface area (Å²) in [6.45, 7) is 5.35. The molecule has 8 heteroatoms. The van der Waals surface area contributed by atoms with Crippen molar-refractivity contribution in [3.63, 3.8) is 0 Å². The summed E-state index contributed by atoms with van der Waals surface area (Å²) in [6, 6.07) is 5.22. The van der Waals surface area contributed by atoms with Crippen molar-refractivity contribution in [1.29, 1.82) is 0 Å². The van der Waals surface area contributed by atoms with Crippen LogP contribution in [-0.2, 0) is 0 Å². The van der Waals surface area contributed by atoms with Crippen molar-refractivity contribution in [2.75, 3.05) is 26.7 Å². The molecule has 0 aliphatic carbocycles. The van der Waals surface area contributed by atoms with E-state index in [2.05, 4.69) is 10.3 Å². The fourth-order valence-corrected chi connectivity index (χ4v) is 4.66. The molecule has 2 amide bonds. The molecule has 2 aliphatic heterocycles. The number of aromatic nitrogens is 1. The Labute approximate surface area is 167 Å². The second-order valence-electron chi connectivity index (χ2n) is 7.27. The summed E-state index contributed by atoms with van der Waals surface area (Å²) in [4.78, 5) is 32.2. The Hall–Kier alpha value is -2.61. The van der Waals surface area contributed by atoms with Gasteiger partial charge in [-0.1, -0.05) is 0 Å². The number of methoxy groups -OCH3 is 1. The molecule has 1 fully saturated rings. The number of thiazole rings is 1. The molecule has 1 saturated heterocycles. The van der Waals surface area contributed by atoms with E-state index in [4.69, 9.17) is 9.47 Å². The van der Waals surface area contributed by atoms with Crippen molar-refractivity contribution in [1.82, 2.24) is 15.2 Å². The molecule has 0 saturated carbocycles. The van der Waals surface area contributed by atoms with Crippen LogP contribution in [0.2, 0.25) is 0 Å². The van der Waals surface area contributed by atoms with Gasteiger partial charge in [-0.3, -0.25) is 9.59 Å². The number of piperidine rings is 1. The zero-order valence-electron chi connectivity index (χ0n) is 16.2. The smallest absolute Gasteiger partial charge is 0.265 e. The van der Waals surface area contributed by atoms with E-state index in [1.54, 1.807) is 25.3 Å². The monoisotopic (exact) mass is 401 g/mol. The third-order valence-electron chi connectivity index (χ3n) is 5.39. The van der Waals surface area contributed by atoms with Gasteiger partial charge in [0.1, 0.15) is 22.0 Å². The van der Waals surface area contributed by atoms with Gasteiger partial charge in [0, 0.05) is 32.0 Å². The lowest BCUT2D eigenvalue weighted by atomic mass is 9.90. The average molecular weight is 401 g/mol. The second-order valence-corrected chi connectivity index (χ2v) is 8.47. The van der Waals surface area contributed by atoms with E-state index in [1.807, 2.05) is 18.7 Å². The van der Waals surface area contributed by atoms with E-state index >= 15 is 0 Å². The number of benzene rings is 1. The highest BCUT2D eigenvalue weighted by atomic mass is 32.1. The number of nitrogens with zero attached hydrogens (tertiary/aromatic N) is 2. The number of ether oxygens (including phenoxy) is 2. The normalized spacial score (nSPS) is 18.1. The Morgan fingerprint density at radius 1 is 1.32 bits per heavy atom. The highest BCUT2D eigenvalue weighted by molar-refractivity contribution is 7.13. The van der Waals surface area contributed by atoms with Crippen LogP contribution in [0.25, 0.3) is 0 Å². The van der Waals surface area contributed by atoms with Crippen LogP contribution in [0.15, 0.2) is 18.2 Å². The number of fused-ring (bicyclic) bond motifs is 1. The predicted molar refractivity (Wildman–Crippen MR) is 105 cm³/mol. The molecule has 1 N–H and O–H groups in total. The quantitative estimate of drug-likeness (QED) is 0.837. The number of hydrogen-bond donors (Lipinski definition) is 1. The van der Waals surface area contributed by atoms with Crippen LogP contribution in [0.5, 0.6) is 11.5 Å². The summed E-state index contributed by atoms with van der Waals surface area (Å²) >= 11 is 1.44. The zero-order chi connectivity index (χ0) is 19.9. The molecule has 0 unspecified atom stereocenters. The molecule has 1 spiro atoms.